The number of nitrogens with two attached hydrogens (primary N) is 1. The van der Waals surface area contributed by atoms with Gasteiger partial charge in [0.2, 0.25) is 17.4 Å². The summed E-state index contributed by atoms with van der Waals surface area (Å²) in [5.41, 5.74) is 0.862. The number of amides is 2. The lowest BCUT2D eigenvalue weighted by atomic mass is 9.80. The Bertz CT molecular complexity index is 746. The summed E-state index contributed by atoms with van der Waals surface area (Å²) in [4.78, 5) is 41.3. The molecule has 0 aliphatic carbocycles. The molecule has 7 heteroatoms. The van der Waals surface area contributed by atoms with Crippen LogP contribution in [0.15, 0.2) is 24.3 Å². The van der Waals surface area contributed by atoms with E-state index in [0.29, 0.717) is 0 Å². The summed E-state index contributed by atoms with van der Waals surface area (Å²) in [6.07, 6.45) is 0. The van der Waals surface area contributed by atoms with Gasteiger partial charge in [-0.05, 0) is 19.1 Å². The molecule has 0 bridgehead atoms. The first-order chi connectivity index (χ1) is 12.2. The number of ether oxygens (including phenoxy) is 1. The number of esters is 1. The van der Waals surface area contributed by atoms with Crippen LogP contribution in [-0.2, 0) is 19.1 Å². The number of anilines is 1. The minimum absolute atomic E-state index is 0.231. The molecule has 3 rings (SSSR count). The molecule has 2 fully saturated rings. The highest BCUT2D eigenvalue weighted by atomic mass is 16.5. The number of imide groups is 1. The van der Waals surface area contributed by atoms with Gasteiger partial charge in [-0.1, -0.05) is 12.1 Å². The van der Waals surface area contributed by atoms with Gasteiger partial charge < -0.3 is 15.0 Å². The minimum atomic E-state index is -1.11. The number of benzene rings is 1. The quantitative estimate of drug-likeness (QED) is 0.600. The molecular formula is C19H26N3O4+. The van der Waals surface area contributed by atoms with Gasteiger partial charge in [-0.3, -0.25) is 14.5 Å². The van der Waals surface area contributed by atoms with Crippen molar-refractivity contribution in [3.05, 3.63) is 29.8 Å². The molecular weight excluding hydrogens is 334 g/mol. The van der Waals surface area contributed by atoms with Crippen molar-refractivity contribution in [2.24, 2.45) is 11.8 Å². The fourth-order valence-electron chi connectivity index (χ4n) is 4.19. The zero-order valence-electron chi connectivity index (χ0n) is 15.9. The maximum atomic E-state index is 12.7. The van der Waals surface area contributed by atoms with Crippen LogP contribution in [0.5, 0.6) is 0 Å². The third kappa shape index (κ3) is 2.58. The zero-order chi connectivity index (χ0) is 19.2. The summed E-state index contributed by atoms with van der Waals surface area (Å²) in [6, 6.07) is 7.57. The number of carbonyl (C=O) groups excluding carboxylic acids is 3. The van der Waals surface area contributed by atoms with Crippen LogP contribution < -0.4 is 10.2 Å². The fraction of sp³-hybridized carbons (Fsp3) is 0.526. The molecule has 1 aromatic carbocycles. The van der Waals surface area contributed by atoms with Crippen molar-refractivity contribution >= 4 is 23.5 Å². The van der Waals surface area contributed by atoms with Crippen molar-refractivity contribution in [2.45, 2.75) is 25.4 Å². The predicted molar refractivity (Wildman–Crippen MR) is 95.2 cm³/mol. The lowest BCUT2D eigenvalue weighted by molar-refractivity contribution is -0.731. The number of nitrogens with zero attached hydrogens (tertiary/aromatic N) is 2. The first-order valence-corrected chi connectivity index (χ1v) is 8.84. The summed E-state index contributed by atoms with van der Waals surface area (Å²) in [5.74, 6) is -2.26. The van der Waals surface area contributed by atoms with Gasteiger partial charge in [0, 0.05) is 39.3 Å². The van der Waals surface area contributed by atoms with E-state index in [-0.39, 0.29) is 24.5 Å². The van der Waals surface area contributed by atoms with Crippen molar-refractivity contribution in [3.63, 3.8) is 0 Å². The number of likely N-dealkylation sites (tertiary alicyclic amines) is 1. The van der Waals surface area contributed by atoms with Crippen LogP contribution in [-0.4, -0.2) is 56.0 Å². The second kappa shape index (κ2) is 6.39. The van der Waals surface area contributed by atoms with Gasteiger partial charge in [-0.2, -0.15) is 0 Å². The van der Waals surface area contributed by atoms with Crippen molar-refractivity contribution in [3.8, 4) is 0 Å². The van der Waals surface area contributed by atoms with Gasteiger partial charge in [0.25, 0.3) is 0 Å². The molecule has 0 unspecified atom stereocenters. The molecule has 4 atom stereocenters. The van der Waals surface area contributed by atoms with E-state index in [2.05, 4.69) is 0 Å². The Morgan fingerprint density at radius 1 is 1.23 bits per heavy atom. The molecule has 2 saturated heterocycles. The van der Waals surface area contributed by atoms with E-state index in [1.807, 2.05) is 48.6 Å². The first kappa shape index (κ1) is 18.4. The maximum Gasteiger partial charge on any atom is 0.368 e. The van der Waals surface area contributed by atoms with Gasteiger partial charge in [0.1, 0.15) is 17.9 Å². The number of hydrogen-bond donors (Lipinski definition) is 1. The van der Waals surface area contributed by atoms with Crippen LogP contribution in [0.3, 0.4) is 0 Å². The second-order valence-corrected chi connectivity index (χ2v) is 7.42. The number of carbonyl (C=O) groups is 3. The highest BCUT2D eigenvalue weighted by molar-refractivity contribution is 6.08. The second-order valence-electron chi connectivity index (χ2n) is 7.42. The first-order valence-electron chi connectivity index (χ1n) is 8.84. The molecule has 1 aromatic rings. The van der Waals surface area contributed by atoms with Crippen LogP contribution in [0.4, 0.5) is 5.69 Å². The summed E-state index contributed by atoms with van der Waals surface area (Å²) in [7, 11) is 5.40. The van der Waals surface area contributed by atoms with Crippen molar-refractivity contribution < 1.29 is 24.4 Å². The molecule has 2 heterocycles. The van der Waals surface area contributed by atoms with Crippen LogP contribution >= 0.6 is 0 Å². The number of rotatable bonds is 4. The molecule has 2 aliphatic heterocycles. The smallest absolute Gasteiger partial charge is 0.368 e. The third-order valence-corrected chi connectivity index (χ3v) is 5.64. The Morgan fingerprint density at radius 3 is 2.38 bits per heavy atom. The average molecular weight is 360 g/mol. The van der Waals surface area contributed by atoms with Crippen LogP contribution in [0.2, 0.25) is 0 Å². The van der Waals surface area contributed by atoms with Gasteiger partial charge in [-0.15, -0.1) is 0 Å². The molecule has 7 nitrogen and oxygen atoms in total. The van der Waals surface area contributed by atoms with E-state index in [4.69, 9.17) is 4.74 Å². The monoisotopic (exact) mass is 360 g/mol. The van der Waals surface area contributed by atoms with E-state index >= 15 is 0 Å². The summed E-state index contributed by atoms with van der Waals surface area (Å²) in [6.45, 7) is 3.68. The van der Waals surface area contributed by atoms with E-state index in [1.54, 1.807) is 13.8 Å². The van der Waals surface area contributed by atoms with E-state index < -0.39 is 23.3 Å². The zero-order valence-corrected chi connectivity index (χ0v) is 15.9. The molecule has 26 heavy (non-hydrogen) atoms. The maximum absolute atomic E-state index is 12.7. The molecule has 140 valence electrons. The lowest BCUT2D eigenvalue weighted by Gasteiger charge is -2.25. The lowest BCUT2D eigenvalue weighted by Crippen LogP contribution is -2.97. The van der Waals surface area contributed by atoms with E-state index in [0.717, 1.165) is 16.2 Å². The molecule has 2 N–H and O–H groups in total. The minimum Gasteiger partial charge on any atom is -0.461 e. The standard InChI is InChI=1S/C19H25N3O4/c1-6-26-18(25)19(2)14-13(16(23)22(5)17(14)24)15(20-19)11-7-9-12(10-8-11)21(3)4/h7-10,13-15,20H,6H2,1-5H3/p+1/t13-,14+,15-,19+/m0/s1. The highest BCUT2D eigenvalue weighted by Crippen LogP contribution is 2.44. The Labute approximate surface area is 153 Å². The molecule has 0 radical (unpaired) electrons. The number of quaternary nitrogens is 1. The Morgan fingerprint density at radius 2 is 1.85 bits per heavy atom. The van der Waals surface area contributed by atoms with Gasteiger partial charge >= 0.3 is 5.97 Å². The van der Waals surface area contributed by atoms with Crippen LogP contribution in [0, 0.1) is 11.8 Å². The normalized spacial score (nSPS) is 30.5. The molecule has 0 saturated carbocycles. The van der Waals surface area contributed by atoms with Crippen LogP contribution in [0.25, 0.3) is 0 Å². The summed E-state index contributed by atoms with van der Waals surface area (Å²) < 4.78 is 5.23. The average Bonchev–Trinajstić information content (AvgIpc) is 3.05. The van der Waals surface area contributed by atoms with Gasteiger partial charge in [-0.25, -0.2) is 4.79 Å². The summed E-state index contributed by atoms with van der Waals surface area (Å²) >= 11 is 0. The predicted octanol–water partition coefficient (Wildman–Crippen LogP) is -0.0765. The summed E-state index contributed by atoms with van der Waals surface area (Å²) in [5, 5.41) is 1.84. The number of hydrogen-bond acceptors (Lipinski definition) is 5. The molecule has 0 spiro atoms. The van der Waals surface area contributed by atoms with Crippen molar-refractivity contribution in [1.82, 2.24) is 4.90 Å². The molecule has 0 aromatic heterocycles. The fourth-order valence-corrected chi connectivity index (χ4v) is 4.19. The SMILES string of the molecule is CCOC(=O)[C@]1(C)[NH2+][C@@H](c2ccc(N(C)C)cc2)[C@H]2C(=O)N(C)C(=O)[C@@H]21. The Balaban J connectivity index is 2.02. The third-order valence-electron chi connectivity index (χ3n) is 5.64. The molecule has 2 aliphatic rings. The van der Waals surface area contributed by atoms with E-state index in [9.17, 15) is 14.4 Å². The highest BCUT2D eigenvalue weighted by Gasteiger charge is 2.70. The Hall–Kier alpha value is -2.41. The largest absolute Gasteiger partial charge is 0.461 e. The Kier molecular flexibility index (Phi) is 4.52. The van der Waals surface area contributed by atoms with Gasteiger partial charge in [0.15, 0.2) is 0 Å². The molecule has 2 amide bonds. The van der Waals surface area contributed by atoms with Crippen molar-refractivity contribution in [1.29, 1.82) is 0 Å². The number of fused-ring (bicyclic) bond motifs is 1. The van der Waals surface area contributed by atoms with Gasteiger partial charge in [0.05, 0.1) is 6.61 Å². The topological polar surface area (TPSA) is 83.5 Å². The van der Waals surface area contributed by atoms with E-state index in [1.165, 1.54) is 7.05 Å². The van der Waals surface area contributed by atoms with Crippen LogP contribution in [0.1, 0.15) is 25.5 Å². The van der Waals surface area contributed by atoms with Crippen molar-refractivity contribution in [2.75, 3.05) is 32.6 Å².